The van der Waals surface area contributed by atoms with Crippen molar-refractivity contribution in [3.8, 4) is 5.75 Å². The van der Waals surface area contributed by atoms with E-state index in [9.17, 15) is 13.2 Å². The predicted molar refractivity (Wildman–Crippen MR) is 54.9 cm³/mol. The summed E-state index contributed by atoms with van der Waals surface area (Å²) in [6.45, 7) is 3.80. The van der Waals surface area contributed by atoms with E-state index in [2.05, 4.69) is 20.7 Å². The zero-order valence-electron chi connectivity index (χ0n) is 8.23. The third kappa shape index (κ3) is 4.11. The van der Waals surface area contributed by atoms with Crippen molar-refractivity contribution in [3.05, 3.63) is 28.2 Å². The number of benzene rings is 1. The molecular formula is C10H10BrF3O. The van der Waals surface area contributed by atoms with Gasteiger partial charge in [0, 0.05) is 4.47 Å². The van der Waals surface area contributed by atoms with Crippen LogP contribution in [0.5, 0.6) is 5.75 Å². The van der Waals surface area contributed by atoms with Crippen LogP contribution >= 0.6 is 15.9 Å². The van der Waals surface area contributed by atoms with Gasteiger partial charge in [-0.1, -0.05) is 29.8 Å². The van der Waals surface area contributed by atoms with Crippen molar-refractivity contribution in [2.75, 3.05) is 0 Å². The molecule has 0 N–H and O–H groups in total. The number of hydrogen-bond donors (Lipinski definition) is 0. The first-order valence-corrected chi connectivity index (χ1v) is 5.13. The van der Waals surface area contributed by atoms with Crippen LogP contribution in [0.25, 0.3) is 0 Å². The molecule has 0 aliphatic rings. The van der Waals surface area contributed by atoms with Gasteiger partial charge in [0.25, 0.3) is 0 Å². The van der Waals surface area contributed by atoms with E-state index in [-0.39, 0.29) is 11.7 Å². The summed E-state index contributed by atoms with van der Waals surface area (Å²) < 4.78 is 40.3. The van der Waals surface area contributed by atoms with Gasteiger partial charge in [-0.3, -0.25) is 0 Å². The van der Waals surface area contributed by atoms with Crippen LogP contribution in [0.4, 0.5) is 13.2 Å². The van der Waals surface area contributed by atoms with Gasteiger partial charge >= 0.3 is 6.36 Å². The molecule has 0 aliphatic carbocycles. The van der Waals surface area contributed by atoms with Gasteiger partial charge in [-0.2, -0.15) is 0 Å². The highest BCUT2D eigenvalue weighted by atomic mass is 79.9. The third-order valence-corrected chi connectivity index (χ3v) is 2.25. The predicted octanol–water partition coefficient (Wildman–Crippen LogP) is 4.47. The molecule has 0 spiro atoms. The summed E-state index contributed by atoms with van der Waals surface area (Å²) in [5.74, 6) is -0.0429. The first-order chi connectivity index (χ1) is 6.78. The highest BCUT2D eigenvalue weighted by Crippen LogP contribution is 2.29. The fourth-order valence-electron chi connectivity index (χ4n) is 1.11. The lowest BCUT2D eigenvalue weighted by Crippen LogP contribution is -2.17. The summed E-state index contributed by atoms with van der Waals surface area (Å²) in [5, 5.41) is 0. The van der Waals surface area contributed by atoms with E-state index in [4.69, 9.17) is 0 Å². The van der Waals surface area contributed by atoms with E-state index < -0.39 is 6.36 Å². The molecule has 0 unspecified atom stereocenters. The van der Waals surface area contributed by atoms with Crippen molar-refractivity contribution >= 4 is 15.9 Å². The minimum absolute atomic E-state index is 0.151. The topological polar surface area (TPSA) is 9.23 Å². The van der Waals surface area contributed by atoms with E-state index >= 15 is 0 Å². The maximum Gasteiger partial charge on any atom is 0.573 e. The molecule has 0 saturated heterocycles. The van der Waals surface area contributed by atoms with Crippen LogP contribution in [-0.2, 0) is 0 Å². The van der Waals surface area contributed by atoms with Crippen LogP contribution in [0.2, 0.25) is 0 Å². The number of ether oxygens (including phenoxy) is 1. The van der Waals surface area contributed by atoms with Gasteiger partial charge in [-0.25, -0.2) is 0 Å². The monoisotopic (exact) mass is 282 g/mol. The number of hydrogen-bond acceptors (Lipinski definition) is 1. The maximum atomic E-state index is 12.0. The summed E-state index contributed by atoms with van der Waals surface area (Å²) in [6.07, 6.45) is -4.64. The average Bonchev–Trinajstić information content (AvgIpc) is 1.99. The molecule has 0 fully saturated rings. The Morgan fingerprint density at radius 1 is 1.20 bits per heavy atom. The molecule has 84 valence electrons. The summed E-state index contributed by atoms with van der Waals surface area (Å²) in [6, 6.07) is 4.45. The maximum absolute atomic E-state index is 12.0. The highest BCUT2D eigenvalue weighted by Gasteiger charge is 2.31. The normalized spacial score (nSPS) is 11.9. The fraction of sp³-hybridized carbons (Fsp3) is 0.400. The molecule has 0 amide bonds. The molecule has 1 aromatic rings. The number of rotatable bonds is 2. The van der Waals surface area contributed by atoms with Gasteiger partial charge in [-0.15, -0.1) is 13.2 Å². The van der Waals surface area contributed by atoms with Gasteiger partial charge in [0.15, 0.2) is 0 Å². The van der Waals surface area contributed by atoms with Gasteiger partial charge in [0.2, 0.25) is 0 Å². The van der Waals surface area contributed by atoms with Gasteiger partial charge in [0.05, 0.1) is 0 Å². The Balaban J connectivity index is 2.99. The van der Waals surface area contributed by atoms with Crippen LogP contribution in [-0.4, -0.2) is 6.36 Å². The Bertz CT molecular complexity index is 347. The molecular weight excluding hydrogens is 273 g/mol. The number of alkyl halides is 3. The first-order valence-electron chi connectivity index (χ1n) is 4.34. The van der Waals surface area contributed by atoms with E-state index in [0.29, 0.717) is 4.47 Å². The molecule has 1 nitrogen and oxygen atoms in total. The lowest BCUT2D eigenvalue weighted by Gasteiger charge is -2.12. The van der Waals surface area contributed by atoms with Crippen molar-refractivity contribution in [3.63, 3.8) is 0 Å². The molecule has 0 aromatic heterocycles. The van der Waals surface area contributed by atoms with Crippen molar-refractivity contribution in [1.29, 1.82) is 0 Å². The van der Waals surface area contributed by atoms with Crippen LogP contribution in [0.15, 0.2) is 22.7 Å². The van der Waals surface area contributed by atoms with E-state index in [1.54, 1.807) is 6.07 Å². The Morgan fingerprint density at radius 2 is 1.80 bits per heavy atom. The highest BCUT2D eigenvalue weighted by molar-refractivity contribution is 9.10. The van der Waals surface area contributed by atoms with Crippen molar-refractivity contribution in [2.45, 2.75) is 26.1 Å². The minimum Gasteiger partial charge on any atom is -0.406 e. The average molecular weight is 283 g/mol. The van der Waals surface area contributed by atoms with Crippen LogP contribution in [0.1, 0.15) is 25.3 Å². The van der Waals surface area contributed by atoms with Gasteiger partial charge in [-0.05, 0) is 29.7 Å². The fourth-order valence-corrected chi connectivity index (χ4v) is 1.60. The molecule has 5 heteroatoms. The second-order valence-corrected chi connectivity index (χ2v) is 4.34. The molecule has 1 aromatic carbocycles. The molecule has 0 aliphatic heterocycles. The summed E-state index contributed by atoms with van der Waals surface area (Å²) in [7, 11) is 0. The lowest BCUT2D eigenvalue weighted by atomic mass is 10.0. The van der Waals surface area contributed by atoms with Crippen molar-refractivity contribution in [2.24, 2.45) is 0 Å². The molecule has 15 heavy (non-hydrogen) atoms. The Morgan fingerprint density at radius 3 is 2.27 bits per heavy atom. The van der Waals surface area contributed by atoms with E-state index in [1.165, 1.54) is 12.1 Å². The summed E-state index contributed by atoms with van der Waals surface area (Å²) in [4.78, 5) is 0. The summed E-state index contributed by atoms with van der Waals surface area (Å²) in [5.41, 5.74) is 0.795. The molecule has 0 bridgehead atoms. The second-order valence-electron chi connectivity index (χ2n) is 3.42. The first kappa shape index (κ1) is 12.4. The van der Waals surface area contributed by atoms with E-state index in [1.807, 2.05) is 13.8 Å². The molecule has 1 rings (SSSR count). The zero-order valence-corrected chi connectivity index (χ0v) is 9.82. The van der Waals surface area contributed by atoms with Crippen LogP contribution < -0.4 is 4.74 Å². The minimum atomic E-state index is -4.64. The van der Waals surface area contributed by atoms with Gasteiger partial charge < -0.3 is 4.74 Å². The SMILES string of the molecule is CC(C)c1cc(Br)cc(OC(F)(F)F)c1. The van der Waals surface area contributed by atoms with E-state index in [0.717, 1.165) is 5.56 Å². The largest absolute Gasteiger partial charge is 0.573 e. The lowest BCUT2D eigenvalue weighted by molar-refractivity contribution is -0.274. The third-order valence-electron chi connectivity index (χ3n) is 1.79. The standard InChI is InChI=1S/C10H10BrF3O/c1-6(2)7-3-8(11)5-9(4-7)15-10(12,13)14/h3-6H,1-2H3. The Labute approximate surface area is 94.4 Å². The van der Waals surface area contributed by atoms with Crippen LogP contribution in [0, 0.1) is 0 Å². The number of halogens is 4. The van der Waals surface area contributed by atoms with Crippen molar-refractivity contribution in [1.82, 2.24) is 0 Å². The molecule has 0 atom stereocenters. The Hall–Kier alpha value is -0.710. The van der Waals surface area contributed by atoms with Gasteiger partial charge in [0.1, 0.15) is 5.75 Å². The molecule has 0 saturated carbocycles. The molecule has 0 heterocycles. The molecule has 0 radical (unpaired) electrons. The second kappa shape index (κ2) is 4.43. The quantitative estimate of drug-likeness (QED) is 0.778. The van der Waals surface area contributed by atoms with Crippen molar-refractivity contribution < 1.29 is 17.9 Å². The van der Waals surface area contributed by atoms with Crippen LogP contribution in [0.3, 0.4) is 0 Å². The Kier molecular flexibility index (Phi) is 3.65. The summed E-state index contributed by atoms with van der Waals surface area (Å²) >= 11 is 3.14. The zero-order chi connectivity index (χ0) is 11.6. The smallest absolute Gasteiger partial charge is 0.406 e.